The molecule has 20 heavy (non-hydrogen) atoms. The molecule has 0 saturated carbocycles. The van der Waals surface area contributed by atoms with Gasteiger partial charge in [-0.15, -0.1) is 0 Å². The fourth-order valence-electron chi connectivity index (χ4n) is 1.45. The van der Waals surface area contributed by atoms with Crippen LogP contribution in [0.25, 0.3) is 0 Å². The zero-order chi connectivity index (χ0) is 15.0. The number of hydrazine groups is 1. The molecule has 1 aromatic rings. The Kier molecular flexibility index (Phi) is 6.56. The molecule has 0 radical (unpaired) electrons. The Morgan fingerprint density at radius 3 is 2.35 bits per heavy atom. The molecule has 0 spiro atoms. The summed E-state index contributed by atoms with van der Waals surface area (Å²) in [5.41, 5.74) is 5.21. The van der Waals surface area contributed by atoms with Crippen LogP contribution in [-0.4, -0.2) is 18.4 Å². The van der Waals surface area contributed by atoms with Crippen molar-refractivity contribution >= 4 is 11.8 Å². The zero-order valence-corrected chi connectivity index (χ0v) is 12.2. The van der Waals surface area contributed by atoms with Gasteiger partial charge in [-0.1, -0.05) is 20.8 Å². The fraction of sp³-hybridized carbons (Fsp3) is 0.467. The van der Waals surface area contributed by atoms with Crippen LogP contribution in [0.15, 0.2) is 24.3 Å². The molecule has 0 bridgehead atoms. The van der Waals surface area contributed by atoms with Gasteiger partial charge >= 0.3 is 0 Å². The first-order chi connectivity index (χ1) is 9.52. The van der Waals surface area contributed by atoms with Gasteiger partial charge in [-0.2, -0.15) is 0 Å². The van der Waals surface area contributed by atoms with Crippen molar-refractivity contribution in [2.45, 2.75) is 33.6 Å². The first kappa shape index (κ1) is 16.0. The van der Waals surface area contributed by atoms with E-state index < -0.39 is 0 Å². The highest BCUT2D eigenvalue weighted by Gasteiger charge is 2.07. The quantitative estimate of drug-likeness (QED) is 0.784. The van der Waals surface area contributed by atoms with E-state index in [1.54, 1.807) is 24.3 Å². The summed E-state index contributed by atoms with van der Waals surface area (Å²) in [6, 6.07) is 6.81. The standard InChI is InChI=1S/C15H22N2O3/c1-4-5-14(18)16-17-15(19)12-6-8-13(9-7-12)20-10-11(2)3/h6-9,11H,4-5,10H2,1-3H3,(H,16,18)(H,17,19). The van der Waals surface area contributed by atoms with E-state index in [1.807, 2.05) is 6.92 Å². The molecule has 0 aromatic heterocycles. The smallest absolute Gasteiger partial charge is 0.269 e. The van der Waals surface area contributed by atoms with Gasteiger partial charge in [-0.3, -0.25) is 20.4 Å². The number of benzene rings is 1. The van der Waals surface area contributed by atoms with E-state index in [4.69, 9.17) is 4.74 Å². The van der Waals surface area contributed by atoms with Crippen molar-refractivity contribution in [3.8, 4) is 5.75 Å². The Morgan fingerprint density at radius 1 is 1.15 bits per heavy atom. The minimum atomic E-state index is -0.343. The zero-order valence-electron chi connectivity index (χ0n) is 12.2. The summed E-state index contributed by atoms with van der Waals surface area (Å²) in [6.45, 7) is 6.68. The Bertz CT molecular complexity index is 441. The van der Waals surface area contributed by atoms with Gasteiger partial charge in [-0.25, -0.2) is 0 Å². The summed E-state index contributed by atoms with van der Waals surface area (Å²) in [5.74, 6) is 0.639. The van der Waals surface area contributed by atoms with Crippen LogP contribution in [0.5, 0.6) is 5.75 Å². The second kappa shape index (κ2) is 8.19. The molecule has 0 aliphatic heterocycles. The summed E-state index contributed by atoms with van der Waals surface area (Å²) in [4.78, 5) is 23.0. The second-order valence-corrected chi connectivity index (χ2v) is 4.98. The van der Waals surface area contributed by atoms with Gasteiger partial charge in [0.05, 0.1) is 6.61 Å². The Labute approximate surface area is 119 Å². The first-order valence-corrected chi connectivity index (χ1v) is 6.85. The minimum absolute atomic E-state index is 0.197. The van der Waals surface area contributed by atoms with Crippen LogP contribution in [0.1, 0.15) is 44.0 Å². The number of nitrogens with one attached hydrogen (secondary N) is 2. The average molecular weight is 278 g/mol. The normalized spacial score (nSPS) is 10.2. The van der Waals surface area contributed by atoms with Crippen LogP contribution < -0.4 is 15.6 Å². The molecule has 0 atom stereocenters. The van der Waals surface area contributed by atoms with Crippen LogP contribution in [0.2, 0.25) is 0 Å². The van der Waals surface area contributed by atoms with E-state index in [9.17, 15) is 9.59 Å². The monoisotopic (exact) mass is 278 g/mol. The lowest BCUT2D eigenvalue weighted by Gasteiger charge is -2.10. The molecule has 0 unspecified atom stereocenters. The number of ether oxygens (including phenoxy) is 1. The maximum absolute atomic E-state index is 11.8. The fourth-order valence-corrected chi connectivity index (χ4v) is 1.45. The SMILES string of the molecule is CCCC(=O)NNC(=O)c1ccc(OCC(C)C)cc1. The highest BCUT2D eigenvalue weighted by molar-refractivity contribution is 5.95. The molecule has 5 nitrogen and oxygen atoms in total. The molecule has 1 rings (SSSR count). The third-order valence-corrected chi connectivity index (χ3v) is 2.49. The number of carbonyl (C=O) groups excluding carboxylic acids is 2. The van der Waals surface area contributed by atoms with Crippen LogP contribution in [-0.2, 0) is 4.79 Å². The summed E-state index contributed by atoms with van der Waals surface area (Å²) in [5, 5.41) is 0. The largest absolute Gasteiger partial charge is 0.493 e. The van der Waals surface area contributed by atoms with E-state index in [2.05, 4.69) is 24.7 Å². The summed E-state index contributed by atoms with van der Waals surface area (Å²) >= 11 is 0. The molecule has 0 aliphatic carbocycles. The Hall–Kier alpha value is -2.04. The summed E-state index contributed by atoms with van der Waals surface area (Å²) in [6.07, 6.45) is 1.13. The van der Waals surface area contributed by atoms with Gasteiger partial charge < -0.3 is 4.74 Å². The van der Waals surface area contributed by atoms with Crippen molar-refractivity contribution in [3.63, 3.8) is 0 Å². The van der Waals surface area contributed by atoms with Gasteiger partial charge in [0, 0.05) is 12.0 Å². The molecule has 0 aliphatic rings. The van der Waals surface area contributed by atoms with Crippen LogP contribution in [0.3, 0.4) is 0 Å². The molecular formula is C15H22N2O3. The lowest BCUT2D eigenvalue weighted by Crippen LogP contribution is -2.41. The number of rotatable bonds is 6. The lowest BCUT2D eigenvalue weighted by molar-refractivity contribution is -0.121. The molecule has 5 heteroatoms. The third kappa shape index (κ3) is 5.73. The molecule has 0 fully saturated rings. The van der Waals surface area contributed by atoms with E-state index in [0.29, 0.717) is 24.5 Å². The van der Waals surface area contributed by atoms with Gasteiger partial charge in [0.25, 0.3) is 5.91 Å². The van der Waals surface area contributed by atoms with Crippen LogP contribution in [0, 0.1) is 5.92 Å². The first-order valence-electron chi connectivity index (χ1n) is 6.85. The average Bonchev–Trinajstić information content (AvgIpc) is 2.43. The number of hydrogen-bond donors (Lipinski definition) is 2. The van der Waals surface area contributed by atoms with Gasteiger partial charge in [0.15, 0.2) is 0 Å². The van der Waals surface area contributed by atoms with Crippen molar-refractivity contribution in [1.29, 1.82) is 0 Å². The van der Waals surface area contributed by atoms with Crippen molar-refractivity contribution < 1.29 is 14.3 Å². The van der Waals surface area contributed by atoms with E-state index >= 15 is 0 Å². The van der Waals surface area contributed by atoms with Crippen molar-refractivity contribution in [2.75, 3.05) is 6.61 Å². The van der Waals surface area contributed by atoms with E-state index in [0.717, 1.165) is 12.2 Å². The van der Waals surface area contributed by atoms with E-state index in [1.165, 1.54) is 0 Å². The molecule has 0 saturated heterocycles. The molecule has 2 amide bonds. The molecule has 2 N–H and O–H groups in total. The molecule has 0 heterocycles. The predicted octanol–water partition coefficient (Wildman–Crippen LogP) is 2.28. The topological polar surface area (TPSA) is 67.4 Å². The number of amides is 2. The van der Waals surface area contributed by atoms with Crippen molar-refractivity contribution in [3.05, 3.63) is 29.8 Å². The van der Waals surface area contributed by atoms with E-state index in [-0.39, 0.29) is 11.8 Å². The lowest BCUT2D eigenvalue weighted by atomic mass is 10.2. The minimum Gasteiger partial charge on any atom is -0.493 e. The summed E-state index contributed by atoms with van der Waals surface area (Å²) in [7, 11) is 0. The third-order valence-electron chi connectivity index (χ3n) is 2.49. The highest BCUT2D eigenvalue weighted by atomic mass is 16.5. The van der Waals surface area contributed by atoms with Crippen LogP contribution in [0.4, 0.5) is 0 Å². The Morgan fingerprint density at radius 2 is 1.80 bits per heavy atom. The van der Waals surface area contributed by atoms with Crippen LogP contribution >= 0.6 is 0 Å². The maximum atomic E-state index is 11.8. The molecular weight excluding hydrogens is 256 g/mol. The predicted molar refractivity (Wildman–Crippen MR) is 77.3 cm³/mol. The molecule has 1 aromatic carbocycles. The molecule has 110 valence electrons. The highest BCUT2D eigenvalue weighted by Crippen LogP contribution is 2.13. The number of carbonyl (C=O) groups is 2. The van der Waals surface area contributed by atoms with Gasteiger partial charge in [0.2, 0.25) is 5.91 Å². The number of hydrogen-bond acceptors (Lipinski definition) is 3. The Balaban J connectivity index is 2.47. The summed E-state index contributed by atoms with van der Waals surface area (Å²) < 4.78 is 5.53. The van der Waals surface area contributed by atoms with Crippen molar-refractivity contribution in [2.24, 2.45) is 5.92 Å². The van der Waals surface area contributed by atoms with Crippen molar-refractivity contribution in [1.82, 2.24) is 10.9 Å². The van der Waals surface area contributed by atoms with Gasteiger partial charge in [0.1, 0.15) is 5.75 Å². The maximum Gasteiger partial charge on any atom is 0.269 e. The van der Waals surface area contributed by atoms with Gasteiger partial charge in [-0.05, 0) is 36.6 Å². The second-order valence-electron chi connectivity index (χ2n) is 4.98.